The molecule has 1 heterocycles. The van der Waals surface area contributed by atoms with Gasteiger partial charge in [0.1, 0.15) is 0 Å². The third-order valence-corrected chi connectivity index (χ3v) is 3.83. The molecule has 4 heteroatoms. The molecule has 16 heavy (non-hydrogen) atoms. The van der Waals surface area contributed by atoms with Crippen molar-refractivity contribution in [1.29, 1.82) is 0 Å². The lowest BCUT2D eigenvalue weighted by Crippen LogP contribution is -2.44. The van der Waals surface area contributed by atoms with E-state index in [1.165, 1.54) is 0 Å². The Bertz CT molecular complexity index is 342. The lowest BCUT2D eigenvalue weighted by Gasteiger charge is -2.39. The van der Waals surface area contributed by atoms with Gasteiger partial charge in [-0.3, -0.25) is 0 Å². The second-order valence-electron chi connectivity index (χ2n) is 4.15. The van der Waals surface area contributed by atoms with Crippen LogP contribution in [0.1, 0.15) is 18.4 Å². The van der Waals surface area contributed by atoms with Crippen molar-refractivity contribution < 1.29 is 14.9 Å². The molecule has 0 spiro atoms. The fourth-order valence-electron chi connectivity index (χ4n) is 2.21. The predicted octanol–water partition coefficient (Wildman–Crippen LogP) is 1.81. The summed E-state index contributed by atoms with van der Waals surface area (Å²) in [6, 6.07) is 7.73. The van der Waals surface area contributed by atoms with Crippen molar-refractivity contribution in [1.82, 2.24) is 0 Å². The quantitative estimate of drug-likeness (QED) is 0.816. The van der Waals surface area contributed by atoms with Gasteiger partial charge in [0.25, 0.3) is 0 Å². The molecule has 0 atom stereocenters. The van der Waals surface area contributed by atoms with Crippen LogP contribution in [-0.2, 0) is 10.2 Å². The minimum atomic E-state index is -1.34. The molecule has 1 aromatic carbocycles. The smallest absolute Gasteiger partial charge is 0.161 e. The highest BCUT2D eigenvalue weighted by Crippen LogP contribution is 2.37. The van der Waals surface area contributed by atoms with E-state index in [-0.39, 0.29) is 0 Å². The Hall–Kier alpha value is -0.420. The van der Waals surface area contributed by atoms with Crippen LogP contribution in [0, 0.1) is 0 Å². The first-order chi connectivity index (χ1) is 7.65. The van der Waals surface area contributed by atoms with Gasteiger partial charge in [0, 0.05) is 17.7 Å². The first-order valence-corrected chi connectivity index (χ1v) is 6.14. The van der Waals surface area contributed by atoms with Crippen molar-refractivity contribution in [2.75, 3.05) is 13.2 Å². The molecule has 2 rings (SSSR count). The van der Waals surface area contributed by atoms with Crippen LogP contribution in [0.4, 0.5) is 0 Å². The molecule has 1 fully saturated rings. The molecule has 1 aromatic rings. The normalized spacial score (nSPS) is 20.0. The summed E-state index contributed by atoms with van der Waals surface area (Å²) in [6.07, 6.45) is -0.0453. The number of hydrogen-bond acceptors (Lipinski definition) is 3. The molecule has 1 aliphatic heterocycles. The summed E-state index contributed by atoms with van der Waals surface area (Å²) in [7, 11) is 0. The Morgan fingerprint density at radius 3 is 2.19 bits per heavy atom. The number of rotatable bonds is 2. The average molecular weight is 287 g/mol. The van der Waals surface area contributed by atoms with E-state index >= 15 is 0 Å². The monoisotopic (exact) mass is 286 g/mol. The van der Waals surface area contributed by atoms with Crippen LogP contribution in [0.3, 0.4) is 0 Å². The van der Waals surface area contributed by atoms with E-state index in [9.17, 15) is 10.2 Å². The summed E-state index contributed by atoms with van der Waals surface area (Å²) in [5.74, 6) is 0. The van der Waals surface area contributed by atoms with Gasteiger partial charge in [-0.25, -0.2) is 0 Å². The third-order valence-electron chi connectivity index (χ3n) is 3.30. The highest BCUT2D eigenvalue weighted by molar-refractivity contribution is 9.10. The molecule has 1 saturated heterocycles. The van der Waals surface area contributed by atoms with Crippen molar-refractivity contribution in [3.05, 3.63) is 34.3 Å². The van der Waals surface area contributed by atoms with Crippen LogP contribution in [0.2, 0.25) is 0 Å². The summed E-state index contributed by atoms with van der Waals surface area (Å²) >= 11 is 3.37. The SMILES string of the molecule is OC(O)C1(c2ccc(Br)cc2)CCOCC1. The maximum atomic E-state index is 9.64. The third kappa shape index (κ3) is 2.15. The minimum Gasteiger partial charge on any atom is -0.381 e. The fourth-order valence-corrected chi connectivity index (χ4v) is 2.48. The maximum Gasteiger partial charge on any atom is 0.161 e. The lowest BCUT2D eigenvalue weighted by molar-refractivity contribution is -0.130. The number of halogens is 1. The first-order valence-electron chi connectivity index (χ1n) is 5.35. The zero-order valence-electron chi connectivity index (χ0n) is 8.90. The molecule has 0 bridgehead atoms. The van der Waals surface area contributed by atoms with Crippen LogP contribution < -0.4 is 0 Å². The van der Waals surface area contributed by atoms with E-state index in [1.54, 1.807) is 0 Å². The Balaban J connectivity index is 2.34. The number of aliphatic hydroxyl groups is 2. The van der Waals surface area contributed by atoms with E-state index in [0.717, 1.165) is 10.0 Å². The van der Waals surface area contributed by atoms with Gasteiger partial charge in [-0.1, -0.05) is 28.1 Å². The van der Waals surface area contributed by atoms with Gasteiger partial charge in [-0.05, 0) is 30.5 Å². The van der Waals surface area contributed by atoms with E-state index in [0.29, 0.717) is 26.1 Å². The second kappa shape index (κ2) is 4.84. The average Bonchev–Trinajstić information content (AvgIpc) is 2.30. The van der Waals surface area contributed by atoms with Crippen LogP contribution in [0.25, 0.3) is 0 Å². The second-order valence-corrected chi connectivity index (χ2v) is 5.06. The van der Waals surface area contributed by atoms with Gasteiger partial charge < -0.3 is 14.9 Å². The maximum absolute atomic E-state index is 9.64. The van der Waals surface area contributed by atoms with Crippen LogP contribution >= 0.6 is 15.9 Å². The molecule has 2 N–H and O–H groups in total. The van der Waals surface area contributed by atoms with Crippen molar-refractivity contribution >= 4 is 15.9 Å². The summed E-state index contributed by atoms with van der Waals surface area (Å²) in [5, 5.41) is 19.3. The van der Waals surface area contributed by atoms with Gasteiger partial charge >= 0.3 is 0 Å². The molecular formula is C12H15BrO3. The first kappa shape index (κ1) is 12.0. The Morgan fingerprint density at radius 2 is 1.69 bits per heavy atom. The summed E-state index contributed by atoms with van der Waals surface area (Å²) in [6.45, 7) is 1.15. The number of aliphatic hydroxyl groups excluding tert-OH is 1. The molecular weight excluding hydrogens is 272 g/mol. The van der Waals surface area contributed by atoms with Crippen molar-refractivity contribution in [2.45, 2.75) is 24.5 Å². The Labute approximate surface area is 103 Å². The van der Waals surface area contributed by atoms with Crippen LogP contribution in [-0.4, -0.2) is 29.7 Å². The van der Waals surface area contributed by atoms with Gasteiger partial charge in [0.2, 0.25) is 0 Å². The largest absolute Gasteiger partial charge is 0.381 e. The van der Waals surface area contributed by atoms with Gasteiger partial charge in [0.15, 0.2) is 6.29 Å². The summed E-state index contributed by atoms with van der Waals surface area (Å²) < 4.78 is 6.28. The van der Waals surface area contributed by atoms with Gasteiger partial charge in [0.05, 0.1) is 5.41 Å². The highest BCUT2D eigenvalue weighted by atomic mass is 79.9. The Morgan fingerprint density at radius 1 is 1.12 bits per heavy atom. The molecule has 0 aromatic heterocycles. The fraction of sp³-hybridized carbons (Fsp3) is 0.500. The molecule has 1 aliphatic rings. The molecule has 0 aliphatic carbocycles. The minimum absolute atomic E-state index is 0.570. The zero-order chi connectivity index (χ0) is 11.6. The number of benzene rings is 1. The van der Waals surface area contributed by atoms with E-state index < -0.39 is 11.7 Å². The summed E-state index contributed by atoms with van der Waals surface area (Å²) in [4.78, 5) is 0. The molecule has 88 valence electrons. The van der Waals surface area contributed by atoms with E-state index in [2.05, 4.69) is 15.9 Å². The number of ether oxygens (including phenoxy) is 1. The van der Waals surface area contributed by atoms with Gasteiger partial charge in [-0.2, -0.15) is 0 Å². The predicted molar refractivity (Wildman–Crippen MR) is 64.1 cm³/mol. The standard InChI is InChI=1S/C12H15BrO3/c13-10-3-1-9(2-4-10)12(11(14)15)5-7-16-8-6-12/h1-4,11,14-15H,5-8H2. The topological polar surface area (TPSA) is 49.7 Å². The molecule has 0 radical (unpaired) electrons. The lowest BCUT2D eigenvalue weighted by atomic mass is 9.73. The molecule has 0 amide bonds. The van der Waals surface area contributed by atoms with Crippen molar-refractivity contribution in [3.63, 3.8) is 0 Å². The van der Waals surface area contributed by atoms with Crippen LogP contribution in [0.15, 0.2) is 28.7 Å². The molecule has 0 unspecified atom stereocenters. The van der Waals surface area contributed by atoms with E-state index in [1.807, 2.05) is 24.3 Å². The molecule has 3 nitrogen and oxygen atoms in total. The van der Waals surface area contributed by atoms with E-state index in [4.69, 9.17) is 4.74 Å². The summed E-state index contributed by atoms with van der Waals surface area (Å²) in [5.41, 5.74) is 0.396. The molecule has 0 saturated carbocycles. The zero-order valence-corrected chi connectivity index (χ0v) is 10.5. The van der Waals surface area contributed by atoms with Gasteiger partial charge in [-0.15, -0.1) is 0 Å². The van der Waals surface area contributed by atoms with Crippen molar-refractivity contribution in [3.8, 4) is 0 Å². The van der Waals surface area contributed by atoms with Crippen molar-refractivity contribution in [2.24, 2.45) is 0 Å². The Kier molecular flexibility index (Phi) is 3.64. The highest BCUT2D eigenvalue weighted by Gasteiger charge is 2.40. The number of hydrogen-bond donors (Lipinski definition) is 2. The van der Waals surface area contributed by atoms with Crippen LogP contribution in [0.5, 0.6) is 0 Å².